The zero-order chi connectivity index (χ0) is 18.2. The number of thiocarbonyl (C=S) groups is 1. The van der Waals surface area contributed by atoms with Gasteiger partial charge in [0.25, 0.3) is 0 Å². The highest BCUT2D eigenvalue weighted by molar-refractivity contribution is 7.80. The number of rotatable bonds is 5. The average molecular weight is 362 g/mol. The van der Waals surface area contributed by atoms with Gasteiger partial charge in [-0.2, -0.15) is 0 Å². The molecule has 25 heavy (non-hydrogen) atoms. The third-order valence-electron chi connectivity index (χ3n) is 4.23. The molecule has 1 saturated carbocycles. The standard InChI is InChI=1S/C19H27N3O2S/c1-13(2)12-17(23)20-15-8-10-16(11-9-15)21-19(25)22-18(24)14-6-4-3-5-7-14/h8-11,13-14H,3-7,12H2,1-2H3,(H,20,23)(H2,21,22,24,25). The van der Waals surface area contributed by atoms with E-state index >= 15 is 0 Å². The minimum absolute atomic E-state index is 0.00553. The van der Waals surface area contributed by atoms with Crippen molar-refractivity contribution in [2.75, 3.05) is 10.6 Å². The molecule has 3 N–H and O–H groups in total. The number of amides is 2. The summed E-state index contributed by atoms with van der Waals surface area (Å²) < 4.78 is 0. The first-order valence-electron chi connectivity index (χ1n) is 8.96. The maximum atomic E-state index is 12.2. The maximum Gasteiger partial charge on any atom is 0.229 e. The molecule has 6 heteroatoms. The number of hydrogen-bond acceptors (Lipinski definition) is 3. The molecule has 0 saturated heterocycles. The Morgan fingerprint density at radius 3 is 2.16 bits per heavy atom. The van der Waals surface area contributed by atoms with Crippen molar-refractivity contribution in [2.24, 2.45) is 11.8 Å². The molecule has 0 radical (unpaired) electrons. The molecule has 2 rings (SSSR count). The first kappa shape index (κ1) is 19.4. The second-order valence-corrected chi connectivity index (χ2v) is 7.41. The summed E-state index contributed by atoms with van der Waals surface area (Å²) >= 11 is 5.22. The van der Waals surface area contributed by atoms with Gasteiger partial charge in [0.1, 0.15) is 0 Å². The van der Waals surface area contributed by atoms with E-state index in [9.17, 15) is 9.59 Å². The lowest BCUT2D eigenvalue weighted by Crippen LogP contribution is -2.38. The monoisotopic (exact) mass is 361 g/mol. The molecule has 0 aliphatic heterocycles. The van der Waals surface area contributed by atoms with Crippen molar-refractivity contribution >= 4 is 40.5 Å². The molecule has 0 heterocycles. The SMILES string of the molecule is CC(C)CC(=O)Nc1ccc(NC(=S)NC(=O)C2CCCCC2)cc1. The Balaban J connectivity index is 1.80. The van der Waals surface area contributed by atoms with E-state index in [1.165, 1.54) is 6.42 Å². The number of nitrogens with one attached hydrogen (secondary N) is 3. The number of anilines is 2. The van der Waals surface area contributed by atoms with Crippen LogP contribution in [0.3, 0.4) is 0 Å². The molecule has 2 amide bonds. The Kier molecular flexibility index (Phi) is 7.37. The highest BCUT2D eigenvalue weighted by Gasteiger charge is 2.21. The zero-order valence-corrected chi connectivity index (χ0v) is 15.7. The Morgan fingerprint density at radius 1 is 1.04 bits per heavy atom. The molecule has 1 aromatic carbocycles. The topological polar surface area (TPSA) is 70.2 Å². The lowest BCUT2D eigenvalue weighted by molar-refractivity contribution is -0.124. The van der Waals surface area contributed by atoms with Gasteiger partial charge < -0.3 is 16.0 Å². The van der Waals surface area contributed by atoms with Gasteiger partial charge in [-0.05, 0) is 55.2 Å². The third-order valence-corrected chi connectivity index (χ3v) is 4.44. The van der Waals surface area contributed by atoms with E-state index in [4.69, 9.17) is 12.2 Å². The molecule has 1 fully saturated rings. The van der Waals surface area contributed by atoms with Crippen molar-refractivity contribution in [1.82, 2.24) is 5.32 Å². The van der Waals surface area contributed by atoms with Gasteiger partial charge in [-0.1, -0.05) is 33.1 Å². The van der Waals surface area contributed by atoms with E-state index in [-0.39, 0.29) is 17.7 Å². The van der Waals surface area contributed by atoms with Crippen LogP contribution in [0.15, 0.2) is 24.3 Å². The molecule has 5 nitrogen and oxygen atoms in total. The third kappa shape index (κ3) is 6.82. The summed E-state index contributed by atoms with van der Waals surface area (Å²) in [7, 11) is 0. The molecule has 0 spiro atoms. The largest absolute Gasteiger partial charge is 0.332 e. The van der Waals surface area contributed by atoms with Crippen LogP contribution in [0.5, 0.6) is 0 Å². The van der Waals surface area contributed by atoms with Gasteiger partial charge in [-0.3, -0.25) is 9.59 Å². The summed E-state index contributed by atoms with van der Waals surface area (Å²) in [6.07, 6.45) is 5.83. The van der Waals surface area contributed by atoms with Crippen molar-refractivity contribution in [2.45, 2.75) is 52.4 Å². The van der Waals surface area contributed by atoms with Crippen molar-refractivity contribution in [3.05, 3.63) is 24.3 Å². The van der Waals surface area contributed by atoms with Crippen LogP contribution in [0.4, 0.5) is 11.4 Å². The Bertz CT molecular complexity index is 608. The molecule has 136 valence electrons. The van der Waals surface area contributed by atoms with Gasteiger partial charge >= 0.3 is 0 Å². The summed E-state index contributed by atoms with van der Waals surface area (Å²) in [6, 6.07) is 7.27. The maximum absolute atomic E-state index is 12.2. The summed E-state index contributed by atoms with van der Waals surface area (Å²) in [5.41, 5.74) is 1.52. The molecular formula is C19H27N3O2S. The Morgan fingerprint density at radius 2 is 1.60 bits per heavy atom. The Labute approximate surface area is 155 Å². The zero-order valence-electron chi connectivity index (χ0n) is 14.9. The van der Waals surface area contributed by atoms with Crippen LogP contribution in [0.25, 0.3) is 0 Å². The molecule has 1 aliphatic rings. The second kappa shape index (κ2) is 9.51. The molecule has 1 aromatic rings. The summed E-state index contributed by atoms with van der Waals surface area (Å²) in [5, 5.41) is 8.96. The molecular weight excluding hydrogens is 334 g/mol. The predicted octanol–water partition coefficient (Wildman–Crippen LogP) is 4.06. The normalized spacial score (nSPS) is 14.8. The molecule has 1 aliphatic carbocycles. The van der Waals surface area contributed by atoms with E-state index in [0.717, 1.165) is 37.1 Å². The molecule has 0 bridgehead atoms. The fourth-order valence-electron chi connectivity index (χ4n) is 2.96. The predicted molar refractivity (Wildman–Crippen MR) is 105 cm³/mol. The van der Waals surface area contributed by atoms with E-state index in [1.807, 2.05) is 38.1 Å². The summed E-state index contributed by atoms with van der Waals surface area (Å²) in [4.78, 5) is 23.9. The minimum atomic E-state index is 0.00553. The van der Waals surface area contributed by atoms with Crippen LogP contribution in [-0.4, -0.2) is 16.9 Å². The van der Waals surface area contributed by atoms with Gasteiger partial charge in [0.15, 0.2) is 5.11 Å². The first-order valence-corrected chi connectivity index (χ1v) is 9.36. The van der Waals surface area contributed by atoms with Crippen LogP contribution >= 0.6 is 12.2 Å². The lowest BCUT2D eigenvalue weighted by Gasteiger charge is -2.21. The summed E-state index contributed by atoms with van der Waals surface area (Å²) in [5.74, 6) is 0.416. The summed E-state index contributed by atoms with van der Waals surface area (Å²) in [6.45, 7) is 4.02. The minimum Gasteiger partial charge on any atom is -0.332 e. The Hall–Kier alpha value is -1.95. The van der Waals surface area contributed by atoms with Crippen molar-refractivity contribution in [1.29, 1.82) is 0 Å². The molecule has 0 atom stereocenters. The van der Waals surface area contributed by atoms with E-state index in [2.05, 4.69) is 16.0 Å². The van der Waals surface area contributed by atoms with Crippen LogP contribution in [-0.2, 0) is 9.59 Å². The van der Waals surface area contributed by atoms with Crippen molar-refractivity contribution in [3.8, 4) is 0 Å². The van der Waals surface area contributed by atoms with E-state index in [1.54, 1.807) is 0 Å². The van der Waals surface area contributed by atoms with Crippen LogP contribution in [0.2, 0.25) is 0 Å². The fourth-order valence-corrected chi connectivity index (χ4v) is 3.18. The smallest absolute Gasteiger partial charge is 0.229 e. The molecule has 0 unspecified atom stereocenters. The van der Waals surface area contributed by atoms with Gasteiger partial charge in [-0.15, -0.1) is 0 Å². The van der Waals surface area contributed by atoms with Gasteiger partial charge in [0.2, 0.25) is 11.8 Å². The van der Waals surface area contributed by atoms with Gasteiger partial charge in [-0.25, -0.2) is 0 Å². The second-order valence-electron chi connectivity index (χ2n) is 7.00. The molecule has 0 aromatic heterocycles. The van der Waals surface area contributed by atoms with Crippen molar-refractivity contribution in [3.63, 3.8) is 0 Å². The van der Waals surface area contributed by atoms with E-state index in [0.29, 0.717) is 17.5 Å². The number of carbonyl (C=O) groups excluding carboxylic acids is 2. The average Bonchev–Trinajstić information content (AvgIpc) is 2.56. The van der Waals surface area contributed by atoms with Crippen LogP contribution in [0.1, 0.15) is 52.4 Å². The fraction of sp³-hybridized carbons (Fsp3) is 0.526. The van der Waals surface area contributed by atoms with Crippen LogP contribution in [0, 0.1) is 11.8 Å². The first-order chi connectivity index (χ1) is 11.9. The highest BCUT2D eigenvalue weighted by Crippen LogP contribution is 2.23. The quantitative estimate of drug-likeness (QED) is 0.692. The van der Waals surface area contributed by atoms with Gasteiger partial charge in [0.05, 0.1) is 0 Å². The number of carbonyl (C=O) groups is 2. The highest BCUT2D eigenvalue weighted by atomic mass is 32.1. The number of benzene rings is 1. The van der Waals surface area contributed by atoms with Gasteiger partial charge in [0, 0.05) is 23.7 Å². The number of hydrogen-bond donors (Lipinski definition) is 3. The van der Waals surface area contributed by atoms with Crippen LogP contribution < -0.4 is 16.0 Å². The lowest BCUT2D eigenvalue weighted by atomic mass is 9.89. The van der Waals surface area contributed by atoms with E-state index < -0.39 is 0 Å². The van der Waals surface area contributed by atoms with Crippen molar-refractivity contribution < 1.29 is 9.59 Å².